The van der Waals surface area contributed by atoms with Crippen LogP contribution in [0.4, 0.5) is 0 Å². The maximum absolute atomic E-state index is 4.56. The number of rotatable bonds is 4. The fourth-order valence-electron chi connectivity index (χ4n) is 2.69. The Kier molecular flexibility index (Phi) is 6.36. The quantitative estimate of drug-likeness (QED) is 0.386. The van der Waals surface area contributed by atoms with Gasteiger partial charge in [0.1, 0.15) is 5.82 Å². The van der Waals surface area contributed by atoms with Crippen molar-refractivity contribution in [1.29, 1.82) is 0 Å². The SMILES string of the molecule is CCC(C)(C)c1nnc(-c2[c-]cccc2)n1-c1ccc(Br)cc1C.[Ir]. The number of nitrogens with zero attached hydrogens (tertiary/aromatic N) is 3. The molecule has 2 aromatic carbocycles. The Balaban J connectivity index is 0.00000225. The van der Waals surface area contributed by atoms with Crippen LogP contribution < -0.4 is 0 Å². The van der Waals surface area contributed by atoms with E-state index >= 15 is 0 Å². The first-order valence-corrected chi connectivity index (χ1v) is 8.93. The third-order valence-electron chi connectivity index (χ3n) is 4.50. The number of halogens is 1. The summed E-state index contributed by atoms with van der Waals surface area (Å²) in [6.07, 6.45) is 0.985. The third kappa shape index (κ3) is 3.94. The van der Waals surface area contributed by atoms with E-state index in [0.717, 1.165) is 33.8 Å². The van der Waals surface area contributed by atoms with Gasteiger partial charge < -0.3 is 4.57 Å². The summed E-state index contributed by atoms with van der Waals surface area (Å²) in [5.41, 5.74) is 3.16. The molecule has 0 saturated carbocycles. The molecule has 1 aromatic heterocycles. The van der Waals surface area contributed by atoms with Crippen molar-refractivity contribution in [3.8, 4) is 17.1 Å². The molecule has 0 aliphatic rings. The summed E-state index contributed by atoms with van der Waals surface area (Å²) >= 11 is 3.55. The molecule has 25 heavy (non-hydrogen) atoms. The standard InChI is InChI=1S/C20H21BrN3.Ir/c1-5-20(3,4)19-23-22-18(15-9-7-6-8-10-15)24(19)17-12-11-16(21)13-14(17)2;/h6-9,11-13H,5H2,1-4H3;/q-1;. The number of hydrogen-bond acceptors (Lipinski definition) is 2. The molecule has 3 nitrogen and oxygen atoms in total. The van der Waals surface area contributed by atoms with Gasteiger partial charge in [-0.3, -0.25) is 0 Å². The fourth-order valence-corrected chi connectivity index (χ4v) is 3.16. The molecule has 0 atom stereocenters. The van der Waals surface area contributed by atoms with Gasteiger partial charge in [0.05, 0.1) is 5.82 Å². The van der Waals surface area contributed by atoms with Crippen molar-refractivity contribution in [2.75, 3.05) is 0 Å². The third-order valence-corrected chi connectivity index (χ3v) is 5.00. The predicted octanol–water partition coefficient (Wildman–Crippen LogP) is 5.49. The van der Waals surface area contributed by atoms with Crippen molar-refractivity contribution in [2.24, 2.45) is 0 Å². The first kappa shape index (κ1) is 20.0. The van der Waals surface area contributed by atoms with Gasteiger partial charge in [-0.1, -0.05) is 36.7 Å². The van der Waals surface area contributed by atoms with Gasteiger partial charge in [0.25, 0.3) is 0 Å². The molecule has 0 spiro atoms. The van der Waals surface area contributed by atoms with Gasteiger partial charge in [0.15, 0.2) is 0 Å². The van der Waals surface area contributed by atoms with Crippen molar-refractivity contribution in [3.63, 3.8) is 0 Å². The van der Waals surface area contributed by atoms with Crippen molar-refractivity contribution >= 4 is 15.9 Å². The minimum Gasteiger partial charge on any atom is -0.319 e. The van der Waals surface area contributed by atoms with Crippen molar-refractivity contribution in [3.05, 3.63) is 64.4 Å². The Hall–Kier alpha value is -1.29. The number of hydrogen-bond donors (Lipinski definition) is 0. The molecule has 1 heterocycles. The summed E-state index contributed by atoms with van der Waals surface area (Å²) in [4.78, 5) is 0. The monoisotopic (exact) mass is 575 g/mol. The molecular weight excluding hydrogens is 554 g/mol. The Morgan fingerprint density at radius 2 is 1.92 bits per heavy atom. The van der Waals surface area contributed by atoms with Crippen molar-refractivity contribution < 1.29 is 20.1 Å². The maximum Gasteiger partial charge on any atom is 0.134 e. The zero-order chi connectivity index (χ0) is 17.3. The largest absolute Gasteiger partial charge is 0.319 e. The van der Waals surface area contributed by atoms with E-state index in [9.17, 15) is 0 Å². The van der Waals surface area contributed by atoms with Crippen LogP contribution in [0, 0.1) is 13.0 Å². The molecule has 0 aliphatic heterocycles. The average Bonchev–Trinajstić information content (AvgIpc) is 3.01. The minimum absolute atomic E-state index is 0. The minimum atomic E-state index is -0.0699. The summed E-state index contributed by atoms with van der Waals surface area (Å²) in [5.74, 6) is 1.81. The Morgan fingerprint density at radius 3 is 2.52 bits per heavy atom. The Labute approximate surface area is 171 Å². The molecule has 0 saturated heterocycles. The van der Waals surface area contributed by atoms with E-state index in [1.54, 1.807) is 0 Å². The second-order valence-corrected chi connectivity index (χ2v) is 7.54. The van der Waals surface area contributed by atoms with E-state index in [4.69, 9.17) is 0 Å². The van der Waals surface area contributed by atoms with Gasteiger partial charge in [-0.2, -0.15) is 5.10 Å². The fraction of sp³-hybridized carbons (Fsp3) is 0.300. The first-order valence-electron chi connectivity index (χ1n) is 8.13. The molecule has 0 aliphatic carbocycles. The molecule has 133 valence electrons. The van der Waals surface area contributed by atoms with Gasteiger partial charge in [-0.05, 0) is 37.1 Å². The van der Waals surface area contributed by atoms with Crippen LogP contribution in [0.2, 0.25) is 0 Å². The second kappa shape index (κ2) is 7.94. The zero-order valence-electron chi connectivity index (χ0n) is 14.8. The van der Waals surface area contributed by atoms with E-state index in [2.05, 4.69) is 82.7 Å². The second-order valence-electron chi connectivity index (χ2n) is 6.63. The van der Waals surface area contributed by atoms with E-state index < -0.39 is 0 Å². The summed E-state index contributed by atoms with van der Waals surface area (Å²) in [6.45, 7) is 8.71. The predicted molar refractivity (Wildman–Crippen MR) is 101 cm³/mol. The van der Waals surface area contributed by atoms with Crippen LogP contribution in [0.5, 0.6) is 0 Å². The van der Waals surface area contributed by atoms with Crippen molar-refractivity contribution in [2.45, 2.75) is 39.5 Å². The van der Waals surface area contributed by atoms with Crippen LogP contribution in [0.15, 0.2) is 46.9 Å². The van der Waals surface area contributed by atoms with Crippen LogP contribution in [0.3, 0.4) is 0 Å². The smallest absolute Gasteiger partial charge is 0.134 e. The summed E-state index contributed by atoms with van der Waals surface area (Å²) in [5, 5.41) is 9.07. The van der Waals surface area contributed by atoms with Gasteiger partial charge >= 0.3 is 0 Å². The number of aryl methyl sites for hydroxylation is 1. The summed E-state index contributed by atoms with van der Waals surface area (Å²) < 4.78 is 3.25. The molecule has 0 amide bonds. The van der Waals surface area contributed by atoms with E-state index in [-0.39, 0.29) is 25.5 Å². The molecule has 0 N–H and O–H groups in total. The molecule has 0 fully saturated rings. The van der Waals surface area contributed by atoms with Gasteiger partial charge in [0, 0.05) is 35.7 Å². The topological polar surface area (TPSA) is 30.7 Å². The van der Waals surface area contributed by atoms with E-state index in [0.29, 0.717) is 0 Å². The van der Waals surface area contributed by atoms with Crippen LogP contribution in [0.1, 0.15) is 38.6 Å². The molecular formula is C20H21BrIrN3-. The molecule has 0 unspecified atom stereocenters. The van der Waals surface area contributed by atoms with Crippen LogP contribution in [-0.2, 0) is 25.5 Å². The van der Waals surface area contributed by atoms with Gasteiger partial charge in [-0.25, -0.2) is 0 Å². The Morgan fingerprint density at radius 1 is 1.16 bits per heavy atom. The van der Waals surface area contributed by atoms with Crippen LogP contribution in [0.25, 0.3) is 17.1 Å². The van der Waals surface area contributed by atoms with Gasteiger partial charge in [-0.15, -0.1) is 41.0 Å². The molecule has 1 radical (unpaired) electrons. The van der Waals surface area contributed by atoms with Gasteiger partial charge in [0.2, 0.25) is 0 Å². The Bertz CT molecular complexity index is 857. The average molecular weight is 576 g/mol. The van der Waals surface area contributed by atoms with E-state index in [1.165, 1.54) is 5.56 Å². The van der Waals surface area contributed by atoms with Crippen LogP contribution in [-0.4, -0.2) is 14.8 Å². The normalized spacial score (nSPS) is 11.2. The number of benzene rings is 2. The van der Waals surface area contributed by atoms with Crippen LogP contribution >= 0.6 is 15.9 Å². The zero-order valence-corrected chi connectivity index (χ0v) is 18.8. The first-order chi connectivity index (χ1) is 11.4. The van der Waals surface area contributed by atoms with E-state index in [1.807, 2.05) is 24.3 Å². The molecule has 5 heteroatoms. The number of aromatic nitrogens is 3. The maximum atomic E-state index is 4.56. The molecule has 0 bridgehead atoms. The van der Waals surface area contributed by atoms with Crippen molar-refractivity contribution in [1.82, 2.24) is 14.8 Å². The molecule has 3 rings (SSSR count). The molecule has 3 aromatic rings. The summed E-state index contributed by atoms with van der Waals surface area (Å²) in [6, 6.07) is 17.5. The summed E-state index contributed by atoms with van der Waals surface area (Å²) in [7, 11) is 0.